The molecule has 0 amide bonds. The first-order chi connectivity index (χ1) is 4.84. The third kappa shape index (κ3) is 1.25. The van der Waals surface area contributed by atoms with E-state index in [1.807, 2.05) is 0 Å². The Balaban J connectivity index is 2.85. The number of carbonyl (C=O) groups excluding carboxylic acids is 1. The molecule has 0 aliphatic carbocycles. The summed E-state index contributed by atoms with van der Waals surface area (Å²) >= 11 is 0. The number of ether oxygens (including phenoxy) is 1. The lowest BCUT2D eigenvalue weighted by molar-refractivity contribution is 0.0592. The summed E-state index contributed by atoms with van der Waals surface area (Å²) in [7, 11) is 1.28. The lowest BCUT2D eigenvalue weighted by atomic mass is 10.4. The van der Waals surface area contributed by atoms with E-state index in [-0.39, 0.29) is 5.69 Å². The first kappa shape index (κ1) is 6.60. The van der Waals surface area contributed by atoms with Crippen molar-refractivity contribution >= 4 is 5.97 Å². The molecule has 0 aliphatic heterocycles. The van der Waals surface area contributed by atoms with Crippen molar-refractivity contribution in [1.29, 1.82) is 0 Å². The molecular weight excluding hydrogens is 134 g/mol. The molecule has 0 radical (unpaired) electrons. The summed E-state index contributed by atoms with van der Waals surface area (Å²) in [6.07, 6.45) is 1.37. The average molecular weight is 139 g/mol. The topological polar surface area (TPSA) is 65.0 Å². The minimum atomic E-state index is -0.505. The highest BCUT2D eigenvalue weighted by molar-refractivity contribution is 5.86. The third-order valence-electron chi connectivity index (χ3n) is 0.898. The van der Waals surface area contributed by atoms with Crippen LogP contribution in [0.2, 0.25) is 0 Å². The summed E-state index contributed by atoms with van der Waals surface area (Å²) in [4.78, 5) is 10.7. The Morgan fingerprint density at radius 1 is 1.70 bits per heavy atom. The Morgan fingerprint density at radius 2 is 2.50 bits per heavy atom. The molecule has 0 saturated carbocycles. The van der Waals surface area contributed by atoms with Gasteiger partial charge in [-0.2, -0.15) is 0 Å². The second-order valence-electron chi connectivity index (χ2n) is 1.50. The number of hydrogen-bond acceptors (Lipinski definition) is 5. The Kier molecular flexibility index (Phi) is 1.89. The fourth-order valence-corrected chi connectivity index (χ4v) is 0.455. The summed E-state index contributed by atoms with van der Waals surface area (Å²) in [5, 5.41) is 10.1. The minimum Gasteiger partial charge on any atom is -0.464 e. The molecule has 0 fully saturated rings. The largest absolute Gasteiger partial charge is 0.464 e. The predicted molar refractivity (Wildman–Crippen MR) is 31.2 cm³/mol. The van der Waals surface area contributed by atoms with Crippen LogP contribution in [0, 0.1) is 0 Å². The number of hydrogen-bond donors (Lipinski definition) is 0. The number of nitrogens with zero attached hydrogens (tertiary/aromatic N) is 3. The molecule has 0 aliphatic rings. The van der Waals surface area contributed by atoms with Gasteiger partial charge in [-0.1, -0.05) is 0 Å². The molecule has 0 aromatic carbocycles. The smallest absolute Gasteiger partial charge is 0.358 e. The maximum absolute atomic E-state index is 10.7. The van der Waals surface area contributed by atoms with Gasteiger partial charge in [0.1, 0.15) is 0 Å². The molecule has 0 saturated heterocycles. The first-order valence-electron chi connectivity index (χ1n) is 2.57. The maximum atomic E-state index is 10.7. The standard InChI is InChI=1S/C5H5N3O2/c1-10-5(9)4-2-3-6-8-7-4/h2-3H,1H3. The van der Waals surface area contributed by atoms with Gasteiger partial charge in [-0.25, -0.2) is 4.79 Å². The highest BCUT2D eigenvalue weighted by atomic mass is 16.5. The van der Waals surface area contributed by atoms with E-state index in [1.165, 1.54) is 19.4 Å². The highest BCUT2D eigenvalue weighted by Gasteiger charge is 2.04. The van der Waals surface area contributed by atoms with E-state index in [9.17, 15) is 4.79 Å². The van der Waals surface area contributed by atoms with E-state index in [4.69, 9.17) is 0 Å². The lowest BCUT2D eigenvalue weighted by Crippen LogP contribution is -2.05. The van der Waals surface area contributed by atoms with Gasteiger partial charge in [-0.15, -0.1) is 10.2 Å². The Bertz CT molecular complexity index is 224. The van der Waals surface area contributed by atoms with Crippen molar-refractivity contribution in [2.45, 2.75) is 0 Å². The fraction of sp³-hybridized carbons (Fsp3) is 0.200. The molecule has 5 nitrogen and oxygen atoms in total. The van der Waals surface area contributed by atoms with Crippen molar-refractivity contribution in [3.05, 3.63) is 18.0 Å². The molecule has 1 heterocycles. The van der Waals surface area contributed by atoms with Gasteiger partial charge in [0, 0.05) is 0 Å². The predicted octanol–water partition coefficient (Wildman–Crippen LogP) is -0.342. The van der Waals surface area contributed by atoms with E-state index in [0.29, 0.717) is 0 Å². The number of aromatic nitrogens is 3. The SMILES string of the molecule is COC(=O)c1ccnnn1. The third-order valence-corrected chi connectivity index (χ3v) is 0.898. The van der Waals surface area contributed by atoms with Crippen LogP contribution < -0.4 is 0 Å². The number of esters is 1. The second kappa shape index (κ2) is 2.86. The molecule has 0 unspecified atom stereocenters. The van der Waals surface area contributed by atoms with Gasteiger partial charge < -0.3 is 4.74 Å². The lowest BCUT2D eigenvalue weighted by Gasteiger charge is -1.92. The van der Waals surface area contributed by atoms with Crippen molar-refractivity contribution in [3.63, 3.8) is 0 Å². The van der Waals surface area contributed by atoms with Crippen LogP contribution in [0.15, 0.2) is 12.3 Å². The number of rotatable bonds is 1. The van der Waals surface area contributed by atoms with Crippen LogP contribution in [0.25, 0.3) is 0 Å². The van der Waals surface area contributed by atoms with E-state index in [1.54, 1.807) is 0 Å². The summed E-state index contributed by atoms with van der Waals surface area (Å²) < 4.78 is 4.37. The van der Waals surface area contributed by atoms with Crippen molar-refractivity contribution in [2.75, 3.05) is 7.11 Å². The van der Waals surface area contributed by atoms with Gasteiger partial charge in [-0.05, 0) is 11.3 Å². The van der Waals surface area contributed by atoms with Crippen molar-refractivity contribution < 1.29 is 9.53 Å². The van der Waals surface area contributed by atoms with Gasteiger partial charge in [0.05, 0.1) is 13.3 Å². The van der Waals surface area contributed by atoms with E-state index in [0.717, 1.165) is 0 Å². The molecule has 5 heteroatoms. The van der Waals surface area contributed by atoms with Crippen molar-refractivity contribution in [3.8, 4) is 0 Å². The molecule has 0 N–H and O–H groups in total. The van der Waals surface area contributed by atoms with Gasteiger partial charge in [-0.3, -0.25) is 0 Å². The molecule has 1 aromatic rings. The first-order valence-corrected chi connectivity index (χ1v) is 2.57. The normalized spacial score (nSPS) is 8.90. The molecular formula is C5H5N3O2. The van der Waals surface area contributed by atoms with Crippen LogP contribution in [-0.2, 0) is 4.74 Å². The molecule has 0 atom stereocenters. The van der Waals surface area contributed by atoms with Gasteiger partial charge in [0.25, 0.3) is 0 Å². The van der Waals surface area contributed by atoms with Crippen LogP contribution in [0.3, 0.4) is 0 Å². The zero-order chi connectivity index (χ0) is 7.40. The quantitative estimate of drug-likeness (QED) is 0.498. The summed E-state index contributed by atoms with van der Waals surface area (Å²) in [5.74, 6) is -0.505. The molecule has 0 spiro atoms. The van der Waals surface area contributed by atoms with E-state index < -0.39 is 5.97 Å². The Hall–Kier alpha value is -1.52. The Morgan fingerprint density at radius 3 is 3.00 bits per heavy atom. The average Bonchev–Trinajstić information content (AvgIpc) is 2.05. The molecule has 1 rings (SSSR count). The van der Waals surface area contributed by atoms with Crippen LogP contribution in [0.5, 0.6) is 0 Å². The fourth-order valence-electron chi connectivity index (χ4n) is 0.455. The van der Waals surface area contributed by atoms with E-state index in [2.05, 4.69) is 20.1 Å². The van der Waals surface area contributed by atoms with Crippen LogP contribution >= 0.6 is 0 Å². The summed E-state index contributed by atoms with van der Waals surface area (Å²) in [6, 6.07) is 1.43. The zero-order valence-electron chi connectivity index (χ0n) is 5.31. The Labute approximate surface area is 57.0 Å². The van der Waals surface area contributed by atoms with Crippen LogP contribution in [0.1, 0.15) is 10.5 Å². The zero-order valence-corrected chi connectivity index (χ0v) is 5.31. The molecule has 52 valence electrons. The van der Waals surface area contributed by atoms with E-state index >= 15 is 0 Å². The summed E-state index contributed by atoms with van der Waals surface area (Å²) in [6.45, 7) is 0. The number of carbonyl (C=O) groups is 1. The maximum Gasteiger partial charge on any atom is 0.358 e. The van der Waals surface area contributed by atoms with Crippen molar-refractivity contribution in [2.24, 2.45) is 0 Å². The van der Waals surface area contributed by atoms with Crippen molar-refractivity contribution in [1.82, 2.24) is 15.4 Å². The highest BCUT2D eigenvalue weighted by Crippen LogP contribution is 1.90. The molecule has 0 bridgehead atoms. The van der Waals surface area contributed by atoms with Gasteiger partial charge in [0.2, 0.25) is 0 Å². The minimum absolute atomic E-state index is 0.164. The monoisotopic (exact) mass is 139 g/mol. The van der Waals surface area contributed by atoms with Crippen LogP contribution in [0.4, 0.5) is 0 Å². The van der Waals surface area contributed by atoms with Crippen LogP contribution in [-0.4, -0.2) is 28.5 Å². The second-order valence-corrected chi connectivity index (χ2v) is 1.50. The van der Waals surface area contributed by atoms with Gasteiger partial charge >= 0.3 is 5.97 Å². The van der Waals surface area contributed by atoms with Gasteiger partial charge in [0.15, 0.2) is 5.69 Å². The number of methoxy groups -OCH3 is 1. The molecule has 10 heavy (non-hydrogen) atoms. The summed E-state index contributed by atoms with van der Waals surface area (Å²) in [5.41, 5.74) is 0.164. The molecule has 1 aromatic heterocycles.